The van der Waals surface area contributed by atoms with Gasteiger partial charge in [0.05, 0.1) is 25.7 Å². The van der Waals surface area contributed by atoms with Gasteiger partial charge >= 0.3 is 6.09 Å². The van der Waals surface area contributed by atoms with Crippen molar-refractivity contribution in [3.05, 3.63) is 29.8 Å². The summed E-state index contributed by atoms with van der Waals surface area (Å²) in [5.41, 5.74) is -0.00213. The first-order valence-corrected chi connectivity index (χ1v) is 16.0. The van der Waals surface area contributed by atoms with Crippen LogP contribution in [0.1, 0.15) is 87.1 Å². The Bertz CT molecular complexity index is 1080. The van der Waals surface area contributed by atoms with Gasteiger partial charge in [0.1, 0.15) is 23.4 Å². The Morgan fingerprint density at radius 3 is 2.02 bits per heavy atom. The topological polar surface area (TPSA) is 146 Å². The van der Waals surface area contributed by atoms with Crippen molar-refractivity contribution in [2.24, 2.45) is 17.8 Å². The molecule has 0 aliphatic heterocycles. The highest BCUT2D eigenvalue weighted by molar-refractivity contribution is 5.91. The second-order valence-electron chi connectivity index (χ2n) is 13.9. The van der Waals surface area contributed by atoms with E-state index in [4.69, 9.17) is 9.47 Å². The number of benzene rings is 1. The lowest BCUT2D eigenvalue weighted by molar-refractivity contribution is -0.142. The Balaban J connectivity index is 3.20. The third-order valence-electron chi connectivity index (χ3n) is 7.21. The monoisotopic (exact) mass is 634 g/mol. The Kier molecular flexibility index (Phi) is 16.4. The molecule has 0 aliphatic carbocycles. The summed E-state index contributed by atoms with van der Waals surface area (Å²) in [7, 11) is 3.09. The molecule has 11 heteroatoms. The number of hydrogen-bond acceptors (Lipinski definition) is 7. The van der Waals surface area contributed by atoms with Gasteiger partial charge in [-0.05, 0) is 69.1 Å². The van der Waals surface area contributed by atoms with Crippen LogP contribution < -0.4 is 20.7 Å². The van der Waals surface area contributed by atoms with Crippen molar-refractivity contribution < 1.29 is 33.8 Å². The third-order valence-corrected chi connectivity index (χ3v) is 7.21. The van der Waals surface area contributed by atoms with Gasteiger partial charge in [0, 0.05) is 20.0 Å². The van der Waals surface area contributed by atoms with Crippen LogP contribution in [0.5, 0.6) is 5.75 Å². The van der Waals surface area contributed by atoms with E-state index in [2.05, 4.69) is 29.8 Å². The molecule has 1 rings (SSSR count). The van der Waals surface area contributed by atoms with Crippen LogP contribution >= 0.6 is 0 Å². The number of alkyl carbamates (subject to hydrolysis) is 1. The third kappa shape index (κ3) is 15.0. The van der Waals surface area contributed by atoms with Gasteiger partial charge in [0.25, 0.3) is 0 Å². The Morgan fingerprint density at radius 1 is 0.933 bits per heavy atom. The molecule has 45 heavy (non-hydrogen) atoms. The Labute approximate surface area is 270 Å². The predicted molar refractivity (Wildman–Crippen MR) is 176 cm³/mol. The second kappa shape index (κ2) is 18.6. The molecular weight excluding hydrogens is 576 g/mol. The normalized spacial score (nSPS) is 14.4. The minimum absolute atomic E-state index is 0.123. The van der Waals surface area contributed by atoms with Gasteiger partial charge in [-0.2, -0.15) is 0 Å². The lowest BCUT2D eigenvalue weighted by atomic mass is 9.94. The maximum Gasteiger partial charge on any atom is 0.408 e. The van der Waals surface area contributed by atoms with Gasteiger partial charge in [0.2, 0.25) is 17.7 Å². The molecule has 0 spiro atoms. The molecule has 4 atom stereocenters. The van der Waals surface area contributed by atoms with E-state index in [0.717, 1.165) is 12.0 Å². The summed E-state index contributed by atoms with van der Waals surface area (Å²) in [6, 6.07) is 4.50. The number of carbonyl (C=O) groups is 4. The van der Waals surface area contributed by atoms with E-state index in [1.54, 1.807) is 52.1 Å². The molecule has 0 bridgehead atoms. The number of rotatable bonds is 17. The van der Waals surface area contributed by atoms with Crippen LogP contribution in [-0.4, -0.2) is 84.4 Å². The van der Waals surface area contributed by atoms with Gasteiger partial charge in [-0.1, -0.05) is 53.7 Å². The number of nitrogens with one attached hydrogen (secondary N) is 3. The summed E-state index contributed by atoms with van der Waals surface area (Å²) in [6.45, 7) is 17.4. The summed E-state index contributed by atoms with van der Waals surface area (Å²) in [5, 5.41) is 19.5. The van der Waals surface area contributed by atoms with E-state index in [1.165, 1.54) is 11.9 Å². The van der Waals surface area contributed by atoms with Crippen molar-refractivity contribution >= 4 is 23.8 Å². The summed E-state index contributed by atoms with van der Waals surface area (Å²) >= 11 is 0. The standard InChI is InChI=1S/C34H58N4O7/c1-21(2)16-17-35-29(40)20-28(39)26(18-22(3)4)36-31(41)30(23(5)6)38(10)32(42)27(37-33(43)45-34(7,8)9)19-24-12-14-25(44-11)15-13-24/h12-15,21-23,26-28,30,39H,16-20H2,1-11H3,(H,35,40)(H,36,41)(H,37,43)/t26-,27+,28-,30+/m1/s1. The molecule has 0 aromatic heterocycles. The van der Waals surface area contributed by atoms with Gasteiger partial charge in [-0.3, -0.25) is 14.4 Å². The van der Waals surface area contributed by atoms with Gasteiger partial charge < -0.3 is 35.4 Å². The van der Waals surface area contributed by atoms with Crippen molar-refractivity contribution in [3.8, 4) is 5.75 Å². The molecule has 0 unspecified atom stereocenters. The van der Waals surface area contributed by atoms with Crippen LogP contribution in [0.15, 0.2) is 24.3 Å². The molecule has 0 radical (unpaired) electrons. The van der Waals surface area contributed by atoms with Gasteiger partial charge in [-0.15, -0.1) is 0 Å². The van der Waals surface area contributed by atoms with Crippen molar-refractivity contribution in [2.45, 2.75) is 118 Å². The zero-order valence-electron chi connectivity index (χ0n) is 29.2. The largest absolute Gasteiger partial charge is 0.497 e. The first-order valence-electron chi connectivity index (χ1n) is 16.0. The molecule has 256 valence electrons. The minimum atomic E-state index is -1.11. The van der Waals surface area contributed by atoms with Crippen LogP contribution in [0.4, 0.5) is 4.79 Å². The highest BCUT2D eigenvalue weighted by Gasteiger charge is 2.36. The SMILES string of the molecule is COc1ccc(C[C@H](NC(=O)OC(C)(C)C)C(=O)N(C)[C@H](C(=O)N[C@H](CC(C)C)[C@H](O)CC(=O)NCCC(C)C)C(C)C)cc1. The van der Waals surface area contributed by atoms with E-state index in [1.807, 2.05) is 27.7 Å². The molecule has 0 fully saturated rings. The molecule has 0 saturated heterocycles. The lowest BCUT2D eigenvalue weighted by Gasteiger charge is -2.35. The Hall–Kier alpha value is -3.34. The highest BCUT2D eigenvalue weighted by Crippen LogP contribution is 2.18. The fourth-order valence-corrected chi connectivity index (χ4v) is 4.95. The van der Waals surface area contributed by atoms with Crippen molar-refractivity contribution in [2.75, 3.05) is 20.7 Å². The van der Waals surface area contributed by atoms with Crippen LogP contribution in [0.2, 0.25) is 0 Å². The smallest absolute Gasteiger partial charge is 0.408 e. The van der Waals surface area contributed by atoms with E-state index in [9.17, 15) is 24.3 Å². The molecule has 1 aromatic carbocycles. The number of ether oxygens (including phenoxy) is 2. The molecule has 11 nitrogen and oxygen atoms in total. The van der Waals surface area contributed by atoms with Crippen molar-refractivity contribution in [3.63, 3.8) is 0 Å². The van der Waals surface area contributed by atoms with E-state index < -0.39 is 47.7 Å². The van der Waals surface area contributed by atoms with Crippen LogP contribution in [-0.2, 0) is 25.5 Å². The average Bonchev–Trinajstić information content (AvgIpc) is 2.90. The van der Waals surface area contributed by atoms with E-state index in [0.29, 0.717) is 24.6 Å². The number of hydrogen-bond donors (Lipinski definition) is 4. The number of aliphatic hydroxyl groups is 1. The van der Waals surface area contributed by atoms with Crippen molar-refractivity contribution in [1.29, 1.82) is 0 Å². The fourth-order valence-electron chi connectivity index (χ4n) is 4.95. The first kappa shape index (κ1) is 39.7. The molecule has 0 aliphatic rings. The number of methoxy groups -OCH3 is 1. The van der Waals surface area contributed by atoms with Gasteiger partial charge in [0.15, 0.2) is 0 Å². The lowest BCUT2D eigenvalue weighted by Crippen LogP contribution is -2.59. The van der Waals surface area contributed by atoms with E-state index >= 15 is 0 Å². The summed E-state index contributed by atoms with van der Waals surface area (Å²) in [5.74, 6) is -0.306. The average molecular weight is 635 g/mol. The summed E-state index contributed by atoms with van der Waals surface area (Å²) in [6.07, 6.45) is -0.595. The number of amides is 4. The molecule has 0 saturated carbocycles. The Morgan fingerprint density at radius 2 is 1.53 bits per heavy atom. The molecule has 4 N–H and O–H groups in total. The van der Waals surface area contributed by atoms with Gasteiger partial charge in [-0.25, -0.2) is 4.79 Å². The van der Waals surface area contributed by atoms with E-state index in [-0.39, 0.29) is 30.6 Å². The van der Waals surface area contributed by atoms with Crippen molar-refractivity contribution in [1.82, 2.24) is 20.9 Å². The maximum absolute atomic E-state index is 14.0. The molecule has 1 aromatic rings. The predicted octanol–water partition coefficient (Wildman–Crippen LogP) is 4.06. The molecule has 4 amide bonds. The zero-order chi connectivity index (χ0) is 34.5. The number of likely N-dealkylation sites (N-methyl/N-ethyl adjacent to an activating group) is 1. The number of aliphatic hydroxyl groups excluding tert-OH is 1. The quantitative estimate of drug-likeness (QED) is 0.202. The van der Waals surface area contributed by atoms with Crippen LogP contribution in [0, 0.1) is 17.8 Å². The fraction of sp³-hybridized carbons (Fsp3) is 0.706. The number of nitrogens with zero attached hydrogens (tertiary/aromatic N) is 1. The molecule has 0 heterocycles. The number of carbonyl (C=O) groups excluding carboxylic acids is 4. The first-order chi connectivity index (χ1) is 20.8. The molecular formula is C34H58N4O7. The summed E-state index contributed by atoms with van der Waals surface area (Å²) < 4.78 is 10.7. The van der Waals surface area contributed by atoms with Crippen LogP contribution in [0.3, 0.4) is 0 Å². The second-order valence-corrected chi connectivity index (χ2v) is 13.9. The van der Waals surface area contributed by atoms with Crippen LogP contribution in [0.25, 0.3) is 0 Å². The summed E-state index contributed by atoms with van der Waals surface area (Å²) in [4.78, 5) is 54.3. The minimum Gasteiger partial charge on any atom is -0.497 e. The maximum atomic E-state index is 14.0. The zero-order valence-corrected chi connectivity index (χ0v) is 29.2. The highest BCUT2D eigenvalue weighted by atomic mass is 16.6.